The molecule has 0 aromatic rings. The quantitative estimate of drug-likeness (QED) is 0.685. The molecular formula is C9H17NS. The van der Waals surface area contributed by atoms with Crippen molar-refractivity contribution in [2.45, 2.75) is 27.7 Å². The monoisotopic (exact) mass is 171 g/mol. The summed E-state index contributed by atoms with van der Waals surface area (Å²) in [6, 6.07) is 0. The summed E-state index contributed by atoms with van der Waals surface area (Å²) in [6.45, 7) is 9.02. The first-order chi connectivity index (χ1) is 5.13. The third kappa shape index (κ3) is 1.92. The van der Waals surface area contributed by atoms with E-state index in [9.17, 15) is 0 Å². The summed E-state index contributed by atoms with van der Waals surface area (Å²) < 4.78 is 0. The lowest BCUT2D eigenvalue weighted by Crippen LogP contribution is -2.12. The number of thioether (sulfide) groups is 1. The van der Waals surface area contributed by atoms with Crippen molar-refractivity contribution < 1.29 is 0 Å². The zero-order valence-electron chi connectivity index (χ0n) is 7.77. The average molecular weight is 171 g/mol. The van der Waals surface area contributed by atoms with Crippen LogP contribution in [0.25, 0.3) is 0 Å². The van der Waals surface area contributed by atoms with Crippen LogP contribution in [0.4, 0.5) is 0 Å². The average Bonchev–Trinajstić information content (AvgIpc) is 2.32. The Balaban J connectivity index is 2.77. The Hall–Kier alpha value is -0.110. The molecule has 0 aromatic carbocycles. The normalized spacial score (nSPS) is 18.4. The van der Waals surface area contributed by atoms with Crippen LogP contribution in [0.3, 0.4) is 0 Å². The first kappa shape index (κ1) is 8.98. The molecule has 0 amide bonds. The number of rotatable bonds is 2. The molecule has 0 radical (unpaired) electrons. The van der Waals surface area contributed by atoms with Gasteiger partial charge in [0.2, 0.25) is 0 Å². The van der Waals surface area contributed by atoms with Crippen LogP contribution >= 0.6 is 11.8 Å². The zero-order chi connectivity index (χ0) is 8.43. The third-order valence-electron chi connectivity index (χ3n) is 1.86. The van der Waals surface area contributed by atoms with Crippen LogP contribution < -0.4 is 5.32 Å². The number of allylic oxidation sites excluding steroid dienone is 2. The van der Waals surface area contributed by atoms with Crippen molar-refractivity contribution >= 4 is 11.8 Å². The summed E-state index contributed by atoms with van der Waals surface area (Å²) in [7, 11) is 0. The molecule has 0 spiro atoms. The van der Waals surface area contributed by atoms with E-state index in [1.54, 1.807) is 4.91 Å². The van der Waals surface area contributed by atoms with Gasteiger partial charge in [-0.15, -0.1) is 11.8 Å². The second kappa shape index (κ2) is 3.53. The highest BCUT2D eigenvalue weighted by molar-refractivity contribution is 8.03. The van der Waals surface area contributed by atoms with Crippen molar-refractivity contribution in [1.82, 2.24) is 5.32 Å². The molecule has 1 N–H and O–H groups in total. The first-order valence-corrected chi connectivity index (χ1v) is 5.22. The van der Waals surface area contributed by atoms with Crippen molar-refractivity contribution in [2.75, 3.05) is 5.88 Å². The molecule has 0 aliphatic carbocycles. The lowest BCUT2D eigenvalue weighted by molar-refractivity contribution is 0.672. The predicted molar refractivity (Wildman–Crippen MR) is 52.3 cm³/mol. The Morgan fingerprint density at radius 3 is 2.18 bits per heavy atom. The van der Waals surface area contributed by atoms with Gasteiger partial charge in [0, 0.05) is 10.6 Å². The van der Waals surface area contributed by atoms with Gasteiger partial charge in [0.05, 0.1) is 5.88 Å². The highest BCUT2D eigenvalue weighted by Crippen LogP contribution is 2.33. The molecule has 0 bridgehead atoms. The molecule has 1 heterocycles. The van der Waals surface area contributed by atoms with Crippen LogP contribution in [0, 0.1) is 11.8 Å². The van der Waals surface area contributed by atoms with Crippen LogP contribution in [-0.2, 0) is 0 Å². The van der Waals surface area contributed by atoms with Crippen molar-refractivity contribution in [1.29, 1.82) is 0 Å². The van der Waals surface area contributed by atoms with Crippen molar-refractivity contribution in [2.24, 2.45) is 11.8 Å². The van der Waals surface area contributed by atoms with Gasteiger partial charge >= 0.3 is 0 Å². The Morgan fingerprint density at radius 2 is 1.82 bits per heavy atom. The molecule has 11 heavy (non-hydrogen) atoms. The van der Waals surface area contributed by atoms with Crippen LogP contribution in [0.15, 0.2) is 10.6 Å². The van der Waals surface area contributed by atoms with Gasteiger partial charge in [-0.25, -0.2) is 0 Å². The summed E-state index contributed by atoms with van der Waals surface area (Å²) in [5.41, 5.74) is 1.46. The summed E-state index contributed by atoms with van der Waals surface area (Å²) in [5, 5.41) is 3.43. The van der Waals surface area contributed by atoms with E-state index in [0.717, 1.165) is 5.88 Å². The van der Waals surface area contributed by atoms with E-state index in [2.05, 4.69) is 33.0 Å². The topological polar surface area (TPSA) is 12.0 Å². The minimum Gasteiger partial charge on any atom is -0.378 e. The van der Waals surface area contributed by atoms with Gasteiger partial charge in [-0.3, -0.25) is 0 Å². The molecule has 0 atom stereocenters. The highest BCUT2D eigenvalue weighted by Gasteiger charge is 2.18. The van der Waals surface area contributed by atoms with Crippen molar-refractivity contribution in [3.8, 4) is 0 Å². The van der Waals surface area contributed by atoms with Gasteiger partial charge in [0.1, 0.15) is 0 Å². The van der Waals surface area contributed by atoms with E-state index < -0.39 is 0 Å². The molecule has 1 nitrogen and oxygen atoms in total. The maximum atomic E-state index is 3.43. The molecule has 0 saturated heterocycles. The Morgan fingerprint density at radius 1 is 1.18 bits per heavy atom. The SMILES string of the molecule is CC(C)C1=C(C(C)C)SCN1. The minimum absolute atomic E-state index is 0.655. The molecule has 0 aromatic heterocycles. The summed E-state index contributed by atoms with van der Waals surface area (Å²) in [5.74, 6) is 2.41. The van der Waals surface area contributed by atoms with E-state index >= 15 is 0 Å². The first-order valence-electron chi connectivity index (χ1n) is 4.23. The van der Waals surface area contributed by atoms with Crippen molar-refractivity contribution in [3.63, 3.8) is 0 Å². The predicted octanol–water partition coefficient (Wildman–Crippen LogP) is 2.80. The van der Waals surface area contributed by atoms with E-state index in [0.29, 0.717) is 11.8 Å². The smallest absolute Gasteiger partial charge is 0.0652 e. The van der Waals surface area contributed by atoms with Gasteiger partial charge in [0.15, 0.2) is 0 Å². The fourth-order valence-electron chi connectivity index (χ4n) is 1.32. The molecule has 1 aliphatic heterocycles. The fraction of sp³-hybridized carbons (Fsp3) is 0.778. The standard InChI is InChI=1S/C9H17NS/c1-6(2)8-9(7(3)4)11-5-10-8/h6-7,10H,5H2,1-4H3. The Bertz CT molecular complexity index is 152. The lowest BCUT2D eigenvalue weighted by Gasteiger charge is -2.12. The Kier molecular flexibility index (Phi) is 2.88. The van der Waals surface area contributed by atoms with E-state index in [-0.39, 0.29) is 0 Å². The molecule has 0 saturated carbocycles. The van der Waals surface area contributed by atoms with Crippen LogP contribution in [0.5, 0.6) is 0 Å². The highest BCUT2D eigenvalue weighted by atomic mass is 32.2. The van der Waals surface area contributed by atoms with Gasteiger partial charge in [-0.1, -0.05) is 27.7 Å². The van der Waals surface area contributed by atoms with Gasteiger partial charge < -0.3 is 5.32 Å². The largest absolute Gasteiger partial charge is 0.378 e. The second-order valence-corrected chi connectivity index (χ2v) is 4.57. The summed E-state index contributed by atoms with van der Waals surface area (Å²) >= 11 is 1.96. The third-order valence-corrected chi connectivity index (χ3v) is 3.15. The number of nitrogens with one attached hydrogen (secondary N) is 1. The van der Waals surface area contributed by atoms with E-state index in [1.165, 1.54) is 5.70 Å². The van der Waals surface area contributed by atoms with Crippen molar-refractivity contribution in [3.05, 3.63) is 10.6 Å². The maximum Gasteiger partial charge on any atom is 0.0652 e. The lowest BCUT2D eigenvalue weighted by atomic mass is 10.1. The van der Waals surface area contributed by atoms with Crippen LogP contribution in [-0.4, -0.2) is 5.88 Å². The maximum absolute atomic E-state index is 3.43. The fourth-order valence-corrected chi connectivity index (χ4v) is 2.50. The number of hydrogen-bond acceptors (Lipinski definition) is 2. The second-order valence-electron chi connectivity index (χ2n) is 3.55. The zero-order valence-corrected chi connectivity index (χ0v) is 8.59. The van der Waals surface area contributed by atoms with Crippen LogP contribution in [0.2, 0.25) is 0 Å². The Labute approximate surface area is 73.6 Å². The molecule has 0 fully saturated rings. The molecule has 1 rings (SSSR count). The molecule has 1 aliphatic rings. The van der Waals surface area contributed by atoms with Crippen LogP contribution in [0.1, 0.15) is 27.7 Å². The van der Waals surface area contributed by atoms with Gasteiger partial charge in [-0.05, 0) is 11.8 Å². The summed E-state index contributed by atoms with van der Waals surface area (Å²) in [6.07, 6.45) is 0. The molecule has 2 heteroatoms. The van der Waals surface area contributed by atoms with E-state index in [4.69, 9.17) is 0 Å². The number of hydrogen-bond donors (Lipinski definition) is 1. The van der Waals surface area contributed by atoms with E-state index in [1.807, 2.05) is 11.8 Å². The molecule has 0 unspecified atom stereocenters. The van der Waals surface area contributed by atoms with Gasteiger partial charge in [0.25, 0.3) is 0 Å². The van der Waals surface area contributed by atoms with Gasteiger partial charge in [-0.2, -0.15) is 0 Å². The molecule has 64 valence electrons. The minimum atomic E-state index is 0.655. The summed E-state index contributed by atoms with van der Waals surface area (Å²) in [4.78, 5) is 1.56. The molecular weight excluding hydrogens is 154 g/mol.